The zero-order valence-corrected chi connectivity index (χ0v) is 12.8. The maximum Gasteiger partial charge on any atom is 0.216 e. The summed E-state index contributed by atoms with van der Waals surface area (Å²) in [6.45, 7) is 6.47. The highest BCUT2D eigenvalue weighted by Gasteiger charge is 2.16. The Labute approximate surface area is 126 Å². The minimum absolute atomic E-state index is 0.0188. The Morgan fingerprint density at radius 2 is 1.76 bits per heavy atom. The van der Waals surface area contributed by atoms with Crippen LogP contribution in [0.5, 0.6) is 0 Å². The smallest absolute Gasteiger partial charge is 0.216 e. The standard InChI is InChI=1S/C18H22N2O/c1-13(2)15-7-9-16(10-8-15)17(12-20-14(3)21)18-6-4-5-11-19-18/h4-11,13,17H,12H2,1-3H3,(H,20,21). The second kappa shape index (κ2) is 7.02. The fourth-order valence-corrected chi connectivity index (χ4v) is 2.33. The maximum atomic E-state index is 11.2. The minimum atomic E-state index is -0.0188. The molecule has 110 valence electrons. The van der Waals surface area contributed by atoms with Gasteiger partial charge in [-0.25, -0.2) is 0 Å². The van der Waals surface area contributed by atoms with E-state index in [1.54, 1.807) is 6.20 Å². The quantitative estimate of drug-likeness (QED) is 0.912. The molecule has 21 heavy (non-hydrogen) atoms. The number of carbonyl (C=O) groups is 1. The van der Waals surface area contributed by atoms with E-state index in [9.17, 15) is 4.79 Å². The molecule has 1 heterocycles. The number of hydrogen-bond donors (Lipinski definition) is 1. The first-order valence-electron chi connectivity index (χ1n) is 7.33. The van der Waals surface area contributed by atoms with Crippen molar-refractivity contribution in [2.24, 2.45) is 0 Å². The van der Waals surface area contributed by atoms with Crippen LogP contribution < -0.4 is 5.32 Å². The van der Waals surface area contributed by atoms with E-state index in [0.717, 1.165) is 5.69 Å². The third-order valence-corrected chi connectivity index (χ3v) is 3.61. The summed E-state index contributed by atoms with van der Waals surface area (Å²) in [5, 5.41) is 2.90. The summed E-state index contributed by atoms with van der Waals surface area (Å²) in [6, 6.07) is 14.5. The van der Waals surface area contributed by atoms with Gasteiger partial charge in [0.05, 0.1) is 0 Å². The molecule has 1 atom stereocenters. The molecule has 2 aromatic rings. The Bertz CT molecular complexity index is 576. The van der Waals surface area contributed by atoms with Crippen LogP contribution in [0.15, 0.2) is 48.7 Å². The predicted octanol–water partition coefficient (Wildman–Crippen LogP) is 3.47. The number of carbonyl (C=O) groups excluding carboxylic acids is 1. The molecule has 0 radical (unpaired) electrons. The molecule has 0 fully saturated rings. The van der Waals surface area contributed by atoms with Gasteiger partial charge in [0.2, 0.25) is 5.91 Å². The van der Waals surface area contributed by atoms with Crippen LogP contribution in [0.2, 0.25) is 0 Å². The number of benzene rings is 1. The Hall–Kier alpha value is -2.16. The van der Waals surface area contributed by atoms with E-state index in [4.69, 9.17) is 0 Å². The lowest BCUT2D eigenvalue weighted by molar-refractivity contribution is -0.118. The summed E-state index contributed by atoms with van der Waals surface area (Å²) in [5.74, 6) is 0.578. The van der Waals surface area contributed by atoms with Crippen molar-refractivity contribution < 1.29 is 4.79 Å². The van der Waals surface area contributed by atoms with Crippen molar-refractivity contribution >= 4 is 5.91 Å². The third kappa shape index (κ3) is 4.15. The summed E-state index contributed by atoms with van der Waals surface area (Å²) in [6.07, 6.45) is 1.79. The molecule has 0 aliphatic heterocycles. The van der Waals surface area contributed by atoms with Gasteiger partial charge >= 0.3 is 0 Å². The average molecular weight is 282 g/mol. The van der Waals surface area contributed by atoms with Gasteiger partial charge in [0.1, 0.15) is 0 Å². The van der Waals surface area contributed by atoms with Gasteiger partial charge in [-0.2, -0.15) is 0 Å². The van der Waals surface area contributed by atoms with E-state index >= 15 is 0 Å². The van der Waals surface area contributed by atoms with Gasteiger partial charge in [-0.05, 0) is 29.2 Å². The fraction of sp³-hybridized carbons (Fsp3) is 0.333. The predicted molar refractivity (Wildman–Crippen MR) is 85.3 cm³/mol. The molecule has 1 unspecified atom stereocenters. The Kier molecular flexibility index (Phi) is 5.09. The molecular weight excluding hydrogens is 260 g/mol. The van der Waals surface area contributed by atoms with Gasteiger partial charge < -0.3 is 5.32 Å². The van der Waals surface area contributed by atoms with Crippen LogP contribution in [0.25, 0.3) is 0 Å². The zero-order valence-electron chi connectivity index (χ0n) is 12.8. The second-order valence-electron chi connectivity index (χ2n) is 5.57. The molecule has 0 aliphatic carbocycles. The highest BCUT2D eigenvalue weighted by Crippen LogP contribution is 2.24. The minimum Gasteiger partial charge on any atom is -0.355 e. The molecule has 1 aromatic carbocycles. The van der Waals surface area contributed by atoms with E-state index < -0.39 is 0 Å². The number of aromatic nitrogens is 1. The molecule has 2 rings (SSSR count). The molecule has 0 aliphatic rings. The molecule has 0 saturated heterocycles. The van der Waals surface area contributed by atoms with Crippen molar-refractivity contribution in [3.63, 3.8) is 0 Å². The van der Waals surface area contributed by atoms with Gasteiger partial charge in [0.15, 0.2) is 0 Å². The second-order valence-corrected chi connectivity index (χ2v) is 5.57. The largest absolute Gasteiger partial charge is 0.355 e. The summed E-state index contributed by atoms with van der Waals surface area (Å²) >= 11 is 0. The number of amides is 1. The molecule has 1 amide bonds. The van der Waals surface area contributed by atoms with Crippen molar-refractivity contribution in [3.05, 3.63) is 65.5 Å². The first-order valence-corrected chi connectivity index (χ1v) is 7.33. The summed E-state index contributed by atoms with van der Waals surface area (Å²) in [7, 11) is 0. The van der Waals surface area contributed by atoms with Gasteiger partial charge in [-0.3, -0.25) is 9.78 Å². The monoisotopic (exact) mass is 282 g/mol. The third-order valence-electron chi connectivity index (χ3n) is 3.61. The first-order chi connectivity index (χ1) is 10.1. The van der Waals surface area contributed by atoms with Crippen LogP contribution >= 0.6 is 0 Å². The topological polar surface area (TPSA) is 42.0 Å². The Morgan fingerprint density at radius 3 is 2.29 bits per heavy atom. The summed E-state index contributed by atoms with van der Waals surface area (Å²) in [4.78, 5) is 15.7. The Morgan fingerprint density at radius 1 is 1.10 bits per heavy atom. The number of nitrogens with zero attached hydrogens (tertiary/aromatic N) is 1. The molecule has 3 heteroatoms. The van der Waals surface area contributed by atoms with Gasteiger partial charge in [-0.1, -0.05) is 44.2 Å². The van der Waals surface area contributed by atoms with Crippen molar-refractivity contribution in [1.29, 1.82) is 0 Å². The zero-order chi connectivity index (χ0) is 15.2. The first kappa shape index (κ1) is 15.2. The van der Waals surface area contributed by atoms with Crippen LogP contribution in [-0.2, 0) is 4.79 Å². The number of nitrogens with one attached hydrogen (secondary N) is 1. The SMILES string of the molecule is CC(=O)NCC(c1ccc(C(C)C)cc1)c1ccccn1. The molecule has 0 saturated carbocycles. The van der Waals surface area contributed by atoms with E-state index in [1.165, 1.54) is 18.1 Å². The maximum absolute atomic E-state index is 11.2. The van der Waals surface area contributed by atoms with E-state index in [1.807, 2.05) is 18.2 Å². The lowest BCUT2D eigenvalue weighted by Gasteiger charge is -2.18. The lowest BCUT2D eigenvalue weighted by atomic mass is 9.92. The van der Waals surface area contributed by atoms with Crippen LogP contribution in [0.4, 0.5) is 0 Å². The molecule has 0 spiro atoms. The number of pyridine rings is 1. The van der Waals surface area contributed by atoms with Crippen molar-refractivity contribution in [2.45, 2.75) is 32.6 Å². The number of hydrogen-bond acceptors (Lipinski definition) is 2. The van der Waals surface area contributed by atoms with Crippen LogP contribution in [-0.4, -0.2) is 17.4 Å². The van der Waals surface area contributed by atoms with Gasteiger partial charge in [0, 0.05) is 31.3 Å². The number of rotatable bonds is 5. The summed E-state index contributed by atoms with van der Waals surface area (Å²) in [5.41, 5.74) is 3.47. The van der Waals surface area contributed by atoms with Gasteiger partial charge in [-0.15, -0.1) is 0 Å². The molecule has 0 bridgehead atoms. The Balaban J connectivity index is 2.28. The van der Waals surface area contributed by atoms with Crippen molar-refractivity contribution in [1.82, 2.24) is 10.3 Å². The molecule has 1 N–H and O–H groups in total. The van der Waals surface area contributed by atoms with Gasteiger partial charge in [0.25, 0.3) is 0 Å². The lowest BCUT2D eigenvalue weighted by Crippen LogP contribution is -2.27. The highest BCUT2D eigenvalue weighted by atomic mass is 16.1. The highest BCUT2D eigenvalue weighted by molar-refractivity contribution is 5.72. The van der Waals surface area contributed by atoms with Crippen LogP contribution in [0.1, 0.15) is 49.4 Å². The van der Waals surface area contributed by atoms with E-state index in [-0.39, 0.29) is 11.8 Å². The summed E-state index contributed by atoms with van der Waals surface area (Å²) < 4.78 is 0. The molecule has 1 aromatic heterocycles. The molecular formula is C18H22N2O. The average Bonchev–Trinajstić information content (AvgIpc) is 2.49. The van der Waals surface area contributed by atoms with Crippen molar-refractivity contribution in [2.75, 3.05) is 6.54 Å². The van der Waals surface area contributed by atoms with Crippen molar-refractivity contribution in [3.8, 4) is 0 Å². The van der Waals surface area contributed by atoms with E-state index in [2.05, 4.69) is 48.4 Å². The normalized spacial score (nSPS) is 12.2. The van der Waals surface area contributed by atoms with Crippen LogP contribution in [0.3, 0.4) is 0 Å². The van der Waals surface area contributed by atoms with Crippen LogP contribution in [0, 0.1) is 0 Å². The van der Waals surface area contributed by atoms with E-state index in [0.29, 0.717) is 12.5 Å². The molecule has 3 nitrogen and oxygen atoms in total. The fourth-order valence-electron chi connectivity index (χ4n) is 2.33.